The van der Waals surface area contributed by atoms with Crippen LogP contribution in [0.3, 0.4) is 0 Å². The molecule has 0 unspecified atom stereocenters. The topological polar surface area (TPSA) is 38.3 Å². The highest BCUT2D eigenvalue weighted by Gasteiger charge is 2.17. The van der Waals surface area contributed by atoms with Gasteiger partial charge >= 0.3 is 5.97 Å². The van der Waals surface area contributed by atoms with Crippen LogP contribution in [-0.2, 0) is 4.74 Å². The standard InChI is InChI=1S/C21H27NO2/c1-5-21(3,4)15-22-19-14-17(20(23)24-6-2)12-13-18(19)16-10-8-7-9-11-16/h7-14,22H,5-6,15H2,1-4H3. The fourth-order valence-electron chi connectivity index (χ4n) is 2.36. The number of carbonyl (C=O) groups excluding carboxylic acids is 1. The maximum atomic E-state index is 12.1. The minimum atomic E-state index is -0.282. The molecule has 0 bridgehead atoms. The number of hydrogen-bond acceptors (Lipinski definition) is 3. The van der Waals surface area contributed by atoms with E-state index in [4.69, 9.17) is 4.74 Å². The van der Waals surface area contributed by atoms with E-state index in [1.807, 2.05) is 43.3 Å². The largest absolute Gasteiger partial charge is 0.462 e. The van der Waals surface area contributed by atoms with Crippen molar-refractivity contribution in [2.45, 2.75) is 34.1 Å². The molecule has 0 heterocycles. The molecule has 3 heteroatoms. The molecule has 2 aromatic rings. The number of benzene rings is 2. The molecule has 0 saturated heterocycles. The van der Waals surface area contributed by atoms with Crippen molar-refractivity contribution in [3.63, 3.8) is 0 Å². The van der Waals surface area contributed by atoms with E-state index in [0.717, 1.165) is 29.8 Å². The Bertz CT molecular complexity index is 677. The first-order valence-electron chi connectivity index (χ1n) is 8.57. The van der Waals surface area contributed by atoms with Gasteiger partial charge in [-0.05, 0) is 36.5 Å². The maximum absolute atomic E-state index is 12.1. The van der Waals surface area contributed by atoms with Crippen LogP contribution in [0.2, 0.25) is 0 Å². The lowest BCUT2D eigenvalue weighted by Crippen LogP contribution is -2.22. The zero-order chi connectivity index (χ0) is 17.6. The molecule has 24 heavy (non-hydrogen) atoms. The molecule has 0 aromatic heterocycles. The predicted molar refractivity (Wildman–Crippen MR) is 100 cm³/mol. The molecule has 3 nitrogen and oxygen atoms in total. The van der Waals surface area contributed by atoms with Gasteiger partial charge in [0.2, 0.25) is 0 Å². The summed E-state index contributed by atoms with van der Waals surface area (Å²) in [5.74, 6) is -0.282. The second kappa shape index (κ2) is 8.00. The summed E-state index contributed by atoms with van der Waals surface area (Å²) in [5.41, 5.74) is 3.95. The number of hydrogen-bond donors (Lipinski definition) is 1. The van der Waals surface area contributed by atoms with E-state index < -0.39 is 0 Å². The summed E-state index contributed by atoms with van der Waals surface area (Å²) in [6.45, 7) is 9.70. The molecule has 0 radical (unpaired) electrons. The number of ether oxygens (including phenoxy) is 1. The van der Waals surface area contributed by atoms with Gasteiger partial charge in [0.25, 0.3) is 0 Å². The Balaban J connectivity index is 2.37. The fourth-order valence-corrected chi connectivity index (χ4v) is 2.36. The van der Waals surface area contributed by atoms with Gasteiger partial charge in [0.15, 0.2) is 0 Å². The van der Waals surface area contributed by atoms with Crippen LogP contribution in [0, 0.1) is 5.41 Å². The third kappa shape index (κ3) is 4.60. The Morgan fingerprint density at radius 1 is 1.08 bits per heavy atom. The number of esters is 1. The molecule has 0 aliphatic carbocycles. The zero-order valence-electron chi connectivity index (χ0n) is 15.1. The smallest absolute Gasteiger partial charge is 0.338 e. The number of carbonyl (C=O) groups is 1. The summed E-state index contributed by atoms with van der Waals surface area (Å²) in [6.07, 6.45) is 1.08. The molecule has 0 fully saturated rings. The van der Waals surface area contributed by atoms with Gasteiger partial charge < -0.3 is 10.1 Å². The van der Waals surface area contributed by atoms with Crippen molar-refractivity contribution < 1.29 is 9.53 Å². The van der Waals surface area contributed by atoms with Crippen LogP contribution in [0.1, 0.15) is 44.5 Å². The van der Waals surface area contributed by atoms with Gasteiger partial charge in [0.1, 0.15) is 0 Å². The summed E-state index contributed by atoms with van der Waals surface area (Å²) in [6, 6.07) is 15.9. The Morgan fingerprint density at radius 3 is 2.42 bits per heavy atom. The van der Waals surface area contributed by atoms with Gasteiger partial charge in [0.05, 0.1) is 12.2 Å². The Kier molecular flexibility index (Phi) is 6.02. The first kappa shape index (κ1) is 18.1. The number of rotatable bonds is 7. The van der Waals surface area contributed by atoms with Crippen LogP contribution in [0.25, 0.3) is 11.1 Å². The van der Waals surface area contributed by atoms with Crippen LogP contribution >= 0.6 is 0 Å². The molecule has 0 saturated carbocycles. The summed E-state index contributed by atoms with van der Waals surface area (Å²) < 4.78 is 5.13. The second-order valence-corrected chi connectivity index (χ2v) is 6.72. The Morgan fingerprint density at radius 2 is 1.79 bits per heavy atom. The molecule has 0 aliphatic rings. The minimum Gasteiger partial charge on any atom is -0.462 e. The van der Waals surface area contributed by atoms with Crippen molar-refractivity contribution in [2.75, 3.05) is 18.5 Å². The lowest BCUT2D eigenvalue weighted by Gasteiger charge is -2.25. The second-order valence-electron chi connectivity index (χ2n) is 6.72. The highest BCUT2D eigenvalue weighted by Crippen LogP contribution is 2.31. The van der Waals surface area contributed by atoms with Gasteiger partial charge in [-0.3, -0.25) is 0 Å². The molecule has 0 spiro atoms. The van der Waals surface area contributed by atoms with Crippen molar-refractivity contribution in [1.29, 1.82) is 0 Å². The first-order chi connectivity index (χ1) is 11.5. The third-order valence-electron chi connectivity index (χ3n) is 4.33. The average Bonchev–Trinajstić information content (AvgIpc) is 2.61. The predicted octanol–water partition coefficient (Wildman–Crippen LogP) is 5.38. The van der Waals surface area contributed by atoms with Crippen molar-refractivity contribution in [1.82, 2.24) is 0 Å². The van der Waals surface area contributed by atoms with Crippen molar-refractivity contribution in [2.24, 2.45) is 5.41 Å². The normalized spacial score (nSPS) is 11.2. The highest BCUT2D eigenvalue weighted by molar-refractivity contribution is 5.93. The van der Waals surface area contributed by atoms with Gasteiger partial charge in [0, 0.05) is 17.8 Å². The molecule has 1 N–H and O–H groups in total. The van der Waals surface area contributed by atoms with Gasteiger partial charge in [-0.2, -0.15) is 0 Å². The lowest BCUT2D eigenvalue weighted by molar-refractivity contribution is 0.0526. The fraction of sp³-hybridized carbons (Fsp3) is 0.381. The van der Waals surface area contributed by atoms with Gasteiger partial charge in [-0.15, -0.1) is 0 Å². The van der Waals surface area contributed by atoms with Crippen molar-refractivity contribution in [3.05, 3.63) is 54.1 Å². The quantitative estimate of drug-likeness (QED) is 0.695. The van der Waals surface area contributed by atoms with E-state index in [1.54, 1.807) is 0 Å². The molecule has 0 atom stereocenters. The minimum absolute atomic E-state index is 0.188. The Hall–Kier alpha value is -2.29. The van der Waals surface area contributed by atoms with Crippen LogP contribution in [-0.4, -0.2) is 19.1 Å². The summed E-state index contributed by atoms with van der Waals surface area (Å²) in [5, 5.41) is 3.53. The maximum Gasteiger partial charge on any atom is 0.338 e. The SMILES string of the molecule is CCOC(=O)c1ccc(-c2ccccc2)c(NCC(C)(C)CC)c1. The molecular formula is C21H27NO2. The van der Waals surface area contributed by atoms with Crippen LogP contribution in [0.4, 0.5) is 5.69 Å². The third-order valence-corrected chi connectivity index (χ3v) is 4.33. The number of anilines is 1. The van der Waals surface area contributed by atoms with Gasteiger partial charge in [-0.1, -0.05) is 57.2 Å². The van der Waals surface area contributed by atoms with Crippen molar-refractivity contribution in [3.8, 4) is 11.1 Å². The number of nitrogens with one attached hydrogen (secondary N) is 1. The Labute approximate surface area is 145 Å². The van der Waals surface area contributed by atoms with E-state index in [9.17, 15) is 4.79 Å². The zero-order valence-corrected chi connectivity index (χ0v) is 15.1. The summed E-state index contributed by atoms with van der Waals surface area (Å²) >= 11 is 0. The molecule has 0 aliphatic heterocycles. The van der Waals surface area contributed by atoms with E-state index in [0.29, 0.717) is 12.2 Å². The van der Waals surface area contributed by atoms with Crippen LogP contribution in [0.5, 0.6) is 0 Å². The van der Waals surface area contributed by atoms with E-state index in [1.165, 1.54) is 0 Å². The summed E-state index contributed by atoms with van der Waals surface area (Å²) in [4.78, 5) is 12.1. The van der Waals surface area contributed by atoms with E-state index in [-0.39, 0.29) is 11.4 Å². The monoisotopic (exact) mass is 325 g/mol. The lowest BCUT2D eigenvalue weighted by atomic mass is 9.90. The molecular weight excluding hydrogens is 298 g/mol. The first-order valence-corrected chi connectivity index (χ1v) is 8.57. The molecule has 0 amide bonds. The highest BCUT2D eigenvalue weighted by atomic mass is 16.5. The molecule has 2 rings (SSSR count). The molecule has 2 aromatic carbocycles. The van der Waals surface area contributed by atoms with Crippen LogP contribution in [0.15, 0.2) is 48.5 Å². The van der Waals surface area contributed by atoms with Gasteiger partial charge in [-0.25, -0.2) is 4.79 Å². The van der Waals surface area contributed by atoms with Crippen molar-refractivity contribution >= 4 is 11.7 Å². The molecule has 128 valence electrons. The van der Waals surface area contributed by atoms with E-state index >= 15 is 0 Å². The average molecular weight is 325 g/mol. The summed E-state index contributed by atoms with van der Waals surface area (Å²) in [7, 11) is 0. The van der Waals surface area contributed by atoms with E-state index in [2.05, 4.69) is 38.2 Å². The van der Waals surface area contributed by atoms with Crippen LogP contribution < -0.4 is 5.32 Å².